The minimum atomic E-state index is 0.121. The first kappa shape index (κ1) is 39.4. The number of nitrogens with one attached hydrogen (secondary N) is 2. The van der Waals surface area contributed by atoms with Crippen LogP contribution in [0.4, 0.5) is 0 Å². The molecule has 0 amide bonds. The van der Waals surface area contributed by atoms with Crippen molar-refractivity contribution in [1.82, 2.24) is 10.6 Å². The van der Waals surface area contributed by atoms with E-state index in [0.717, 1.165) is 51.9 Å². The van der Waals surface area contributed by atoms with Crippen molar-refractivity contribution < 1.29 is 9.47 Å². The SMILES string of the molecule is CCCCCCCCCCCCOC(=S)NCC1(C)CC(NC(=S)OCCCCCCCCCCCC)CC(C)(C)C1. The first-order valence-corrected chi connectivity index (χ1v) is 18.9. The van der Waals surface area contributed by atoms with Crippen LogP contribution in [-0.2, 0) is 9.47 Å². The van der Waals surface area contributed by atoms with Gasteiger partial charge in [0, 0.05) is 12.6 Å². The molecule has 1 aliphatic carbocycles. The molecule has 248 valence electrons. The van der Waals surface area contributed by atoms with Crippen LogP contribution in [0.2, 0.25) is 0 Å². The minimum absolute atomic E-state index is 0.121. The van der Waals surface area contributed by atoms with Gasteiger partial charge in [0.25, 0.3) is 10.3 Å². The van der Waals surface area contributed by atoms with Gasteiger partial charge in [0.2, 0.25) is 0 Å². The maximum absolute atomic E-state index is 5.92. The second kappa shape index (κ2) is 24.7. The van der Waals surface area contributed by atoms with Crippen LogP contribution in [0.3, 0.4) is 0 Å². The maximum atomic E-state index is 5.92. The third-order valence-electron chi connectivity index (χ3n) is 8.89. The number of rotatable bonds is 25. The average Bonchev–Trinajstić information content (AvgIpc) is 2.92. The molecular formula is C36H70N2O2S2. The molecule has 4 nitrogen and oxygen atoms in total. The molecular weight excluding hydrogens is 557 g/mol. The third-order valence-corrected chi connectivity index (χ3v) is 9.38. The van der Waals surface area contributed by atoms with E-state index in [1.807, 2.05) is 0 Å². The molecule has 0 spiro atoms. The molecule has 1 saturated carbocycles. The predicted molar refractivity (Wildman–Crippen MR) is 191 cm³/mol. The van der Waals surface area contributed by atoms with Gasteiger partial charge in [0.15, 0.2) is 0 Å². The van der Waals surface area contributed by atoms with E-state index in [4.69, 9.17) is 33.9 Å². The fraction of sp³-hybridized carbons (Fsp3) is 0.944. The van der Waals surface area contributed by atoms with Crippen LogP contribution in [-0.4, -0.2) is 36.1 Å². The molecule has 0 radical (unpaired) electrons. The molecule has 1 fully saturated rings. The lowest BCUT2D eigenvalue weighted by atomic mass is 9.62. The van der Waals surface area contributed by atoms with Gasteiger partial charge in [-0.1, -0.05) is 150 Å². The topological polar surface area (TPSA) is 42.5 Å². The predicted octanol–water partition coefficient (Wildman–Crippen LogP) is 11.2. The van der Waals surface area contributed by atoms with Gasteiger partial charge in [-0.25, -0.2) is 0 Å². The Balaban J connectivity index is 2.17. The highest BCUT2D eigenvalue weighted by Crippen LogP contribution is 2.45. The summed E-state index contributed by atoms with van der Waals surface area (Å²) < 4.78 is 11.8. The van der Waals surface area contributed by atoms with Crippen LogP contribution in [0.1, 0.15) is 182 Å². The van der Waals surface area contributed by atoms with Crippen LogP contribution in [0.5, 0.6) is 0 Å². The molecule has 0 aromatic heterocycles. The second-order valence-electron chi connectivity index (χ2n) is 14.4. The van der Waals surface area contributed by atoms with E-state index < -0.39 is 0 Å². The lowest BCUT2D eigenvalue weighted by molar-refractivity contribution is 0.0765. The van der Waals surface area contributed by atoms with Crippen molar-refractivity contribution in [3.8, 4) is 0 Å². The van der Waals surface area contributed by atoms with Crippen molar-refractivity contribution in [2.75, 3.05) is 19.8 Å². The van der Waals surface area contributed by atoms with Gasteiger partial charge in [0.1, 0.15) is 0 Å². The lowest BCUT2D eigenvalue weighted by Gasteiger charge is -2.47. The van der Waals surface area contributed by atoms with Crippen LogP contribution < -0.4 is 10.6 Å². The average molecular weight is 627 g/mol. The summed E-state index contributed by atoms with van der Waals surface area (Å²) in [5.74, 6) is 0. The maximum Gasteiger partial charge on any atom is 0.256 e. The first-order chi connectivity index (χ1) is 20.2. The lowest BCUT2D eigenvalue weighted by Crippen LogP contribution is -2.50. The molecule has 2 unspecified atom stereocenters. The van der Waals surface area contributed by atoms with Crippen LogP contribution >= 0.6 is 24.4 Å². The third kappa shape index (κ3) is 22.0. The quantitative estimate of drug-likeness (QED) is 0.0776. The zero-order chi connectivity index (χ0) is 30.9. The Morgan fingerprint density at radius 2 is 1.00 bits per heavy atom. The van der Waals surface area contributed by atoms with E-state index in [2.05, 4.69) is 45.3 Å². The molecule has 1 rings (SSSR count). The molecule has 1 aliphatic rings. The minimum Gasteiger partial charge on any atom is -0.471 e. The van der Waals surface area contributed by atoms with Gasteiger partial charge in [-0.05, 0) is 67.4 Å². The second-order valence-corrected chi connectivity index (χ2v) is 15.1. The van der Waals surface area contributed by atoms with Gasteiger partial charge in [0.05, 0.1) is 13.2 Å². The highest BCUT2D eigenvalue weighted by Gasteiger charge is 2.41. The smallest absolute Gasteiger partial charge is 0.256 e. The van der Waals surface area contributed by atoms with Gasteiger partial charge in [-0.2, -0.15) is 0 Å². The summed E-state index contributed by atoms with van der Waals surface area (Å²) >= 11 is 11.1. The summed E-state index contributed by atoms with van der Waals surface area (Å²) in [5, 5.41) is 8.10. The Bertz CT molecular complexity index is 687. The standard InChI is InChI=1S/C36H70N2O2S2/c1-6-8-10-12-14-16-18-20-22-24-26-39-33(41)37-31-36(5)29-32(28-35(3,4)30-36)38-34(42)40-27-25-23-21-19-17-15-13-11-9-7-2/h32H,6-31H2,1-5H3,(H,37,41)(H,38,42). The Kier molecular flexibility index (Phi) is 23.1. The highest BCUT2D eigenvalue weighted by molar-refractivity contribution is 7.80. The van der Waals surface area contributed by atoms with Crippen molar-refractivity contribution in [2.24, 2.45) is 10.8 Å². The van der Waals surface area contributed by atoms with E-state index in [-0.39, 0.29) is 10.8 Å². The zero-order valence-corrected chi connectivity index (χ0v) is 30.2. The summed E-state index contributed by atoms with van der Waals surface area (Å²) in [4.78, 5) is 0. The molecule has 2 N–H and O–H groups in total. The molecule has 0 bridgehead atoms. The Hall–Kier alpha value is -0.620. The van der Waals surface area contributed by atoms with E-state index in [9.17, 15) is 0 Å². The fourth-order valence-electron chi connectivity index (χ4n) is 6.92. The number of hydrogen-bond donors (Lipinski definition) is 2. The summed E-state index contributed by atoms with van der Waals surface area (Å²) in [6, 6.07) is 0.321. The van der Waals surface area contributed by atoms with Crippen LogP contribution in [0, 0.1) is 10.8 Å². The van der Waals surface area contributed by atoms with E-state index in [1.165, 1.54) is 116 Å². The first-order valence-electron chi connectivity index (χ1n) is 18.0. The van der Waals surface area contributed by atoms with Gasteiger partial charge in [-0.3, -0.25) is 0 Å². The summed E-state index contributed by atoms with van der Waals surface area (Å²) in [5.41, 5.74) is 0.354. The molecule has 2 atom stereocenters. The van der Waals surface area contributed by atoms with E-state index in [0.29, 0.717) is 16.4 Å². The molecule has 6 heteroatoms. The monoisotopic (exact) mass is 626 g/mol. The number of hydrogen-bond acceptors (Lipinski definition) is 4. The van der Waals surface area contributed by atoms with E-state index >= 15 is 0 Å². The van der Waals surface area contributed by atoms with Crippen molar-refractivity contribution in [3.05, 3.63) is 0 Å². The Labute approximate surface area is 273 Å². The molecule has 0 heterocycles. The van der Waals surface area contributed by atoms with Crippen LogP contribution in [0.25, 0.3) is 0 Å². The van der Waals surface area contributed by atoms with Crippen molar-refractivity contribution >= 4 is 34.8 Å². The molecule has 42 heavy (non-hydrogen) atoms. The molecule has 0 aromatic rings. The van der Waals surface area contributed by atoms with Crippen molar-refractivity contribution in [2.45, 2.75) is 188 Å². The van der Waals surface area contributed by atoms with Crippen LogP contribution in [0.15, 0.2) is 0 Å². The Morgan fingerprint density at radius 1 is 0.595 bits per heavy atom. The Morgan fingerprint density at radius 3 is 1.45 bits per heavy atom. The number of ether oxygens (including phenoxy) is 2. The van der Waals surface area contributed by atoms with Crippen molar-refractivity contribution in [1.29, 1.82) is 0 Å². The molecule has 0 aliphatic heterocycles. The van der Waals surface area contributed by atoms with Gasteiger partial charge < -0.3 is 20.1 Å². The van der Waals surface area contributed by atoms with Gasteiger partial charge >= 0.3 is 0 Å². The molecule has 0 aromatic carbocycles. The highest BCUT2D eigenvalue weighted by atomic mass is 32.1. The molecule has 0 saturated heterocycles. The van der Waals surface area contributed by atoms with Gasteiger partial charge in [-0.15, -0.1) is 0 Å². The fourth-order valence-corrected chi connectivity index (χ4v) is 7.33. The zero-order valence-electron chi connectivity index (χ0n) is 28.6. The van der Waals surface area contributed by atoms with E-state index in [1.54, 1.807) is 0 Å². The summed E-state index contributed by atoms with van der Waals surface area (Å²) in [7, 11) is 0. The number of unbranched alkanes of at least 4 members (excludes halogenated alkanes) is 18. The number of thiocarbonyl (C=S) groups is 2. The normalized spacial score (nSPS) is 19.8. The van der Waals surface area contributed by atoms with Crippen molar-refractivity contribution in [3.63, 3.8) is 0 Å². The largest absolute Gasteiger partial charge is 0.471 e. The summed E-state index contributed by atoms with van der Waals surface area (Å²) in [6.07, 6.45) is 29.9. The summed E-state index contributed by atoms with van der Waals surface area (Å²) in [6.45, 7) is 13.9.